The summed E-state index contributed by atoms with van der Waals surface area (Å²) in [7, 11) is 0. The maximum absolute atomic E-state index is 6.81. The average molecular weight is 1140 g/mol. The van der Waals surface area contributed by atoms with Crippen LogP contribution in [0.3, 0.4) is 0 Å². The Balaban J connectivity index is 0.899. The van der Waals surface area contributed by atoms with Gasteiger partial charge in [0.15, 0.2) is 0 Å². The van der Waals surface area contributed by atoms with Gasteiger partial charge in [0.2, 0.25) is 0 Å². The van der Waals surface area contributed by atoms with Crippen molar-refractivity contribution in [3.8, 4) is 62.1 Å². The molecule has 74 heavy (non-hydrogen) atoms. The van der Waals surface area contributed by atoms with E-state index in [-0.39, 0.29) is 5.41 Å². The molecule has 0 amide bonds. The predicted molar refractivity (Wildman–Crippen MR) is 299 cm³/mol. The van der Waals surface area contributed by atoms with Crippen molar-refractivity contribution in [3.05, 3.63) is 220 Å². The fourth-order valence-electron chi connectivity index (χ4n) is 12.2. The Morgan fingerprint density at radius 2 is 1.24 bits per heavy atom. The van der Waals surface area contributed by atoms with Gasteiger partial charge in [-0.3, -0.25) is 0 Å². The van der Waals surface area contributed by atoms with Gasteiger partial charge in [-0.2, -0.15) is 0 Å². The van der Waals surface area contributed by atoms with Crippen LogP contribution in [0.5, 0.6) is 11.5 Å². The molecule has 0 spiro atoms. The summed E-state index contributed by atoms with van der Waals surface area (Å²) in [6.45, 7) is 9.39. The van der Waals surface area contributed by atoms with Crippen LogP contribution < -0.4 is 4.74 Å². The van der Waals surface area contributed by atoms with Gasteiger partial charge in [-0.25, -0.2) is 0 Å². The van der Waals surface area contributed by atoms with Crippen molar-refractivity contribution < 1.29 is 24.1 Å². The van der Waals surface area contributed by atoms with Crippen LogP contribution >= 0.6 is 0 Å². The molecular formula is C68H58N4OPt-2. The minimum absolute atomic E-state index is 0.173. The smallest absolute Gasteiger partial charge is 0.0581 e. The second kappa shape index (κ2) is 18.9. The van der Waals surface area contributed by atoms with Crippen molar-refractivity contribution in [3.63, 3.8) is 0 Å². The number of aryl methyl sites for hydroxylation is 1. The molecule has 13 rings (SSSR count). The van der Waals surface area contributed by atoms with Crippen molar-refractivity contribution in [2.75, 3.05) is 0 Å². The van der Waals surface area contributed by atoms with E-state index in [1.807, 2.05) is 18.3 Å². The Labute approximate surface area is 445 Å². The van der Waals surface area contributed by atoms with Crippen molar-refractivity contribution in [1.29, 1.82) is 0 Å². The van der Waals surface area contributed by atoms with Crippen molar-refractivity contribution >= 4 is 32.8 Å². The SMILES string of the molecule is Cc1cc(-n2c3[c-]c(Oc4[c-]c(-n5[c](=[Pt])n(-c6c(-c7ccccc7)cc7c(c6-c6ccccc6)CC(C(C)(C)C)C7)c6ccccc65)ccc4)ccc3c3ccccc32)ncc1-c1ccc(C2CCCCC2)cc1. The summed E-state index contributed by atoms with van der Waals surface area (Å²) in [6.07, 6.45) is 10.8. The third-order valence-electron chi connectivity index (χ3n) is 16.1. The summed E-state index contributed by atoms with van der Waals surface area (Å²) in [5, 5.41) is 2.24. The van der Waals surface area contributed by atoms with Gasteiger partial charge >= 0.3 is 338 Å². The molecule has 6 heteroatoms. The van der Waals surface area contributed by atoms with E-state index in [1.54, 1.807) is 0 Å². The number of imidazole rings is 1. The van der Waals surface area contributed by atoms with Gasteiger partial charge in [-0.15, -0.1) is 0 Å². The molecular weight excluding hydrogens is 1080 g/mol. The van der Waals surface area contributed by atoms with Crippen LogP contribution in [-0.2, 0) is 32.2 Å². The van der Waals surface area contributed by atoms with E-state index in [9.17, 15) is 0 Å². The Kier molecular flexibility index (Phi) is 11.8. The minimum Gasteiger partial charge on any atom is -0.0581 e. The first-order valence-electron chi connectivity index (χ1n) is 26.4. The number of benzene rings is 8. The van der Waals surface area contributed by atoms with Gasteiger partial charge in [0.1, 0.15) is 0 Å². The number of hydrogen-bond acceptors (Lipinski definition) is 2. The number of rotatable bonds is 9. The first kappa shape index (κ1) is 46.5. The van der Waals surface area contributed by atoms with E-state index in [0.717, 1.165) is 66.6 Å². The van der Waals surface area contributed by atoms with Gasteiger partial charge in [0.25, 0.3) is 0 Å². The van der Waals surface area contributed by atoms with E-state index in [1.165, 1.54) is 87.9 Å². The molecule has 11 aromatic rings. The zero-order chi connectivity index (χ0) is 50.1. The minimum atomic E-state index is 0.173. The van der Waals surface area contributed by atoms with Gasteiger partial charge in [0, 0.05) is 11.8 Å². The second-order valence-electron chi connectivity index (χ2n) is 21.6. The molecule has 8 aromatic carbocycles. The molecule has 5 nitrogen and oxygen atoms in total. The van der Waals surface area contributed by atoms with Gasteiger partial charge in [-0.05, 0) is 42.4 Å². The normalized spacial score (nSPS) is 15.1. The Morgan fingerprint density at radius 1 is 0.581 bits per heavy atom. The molecule has 0 saturated heterocycles. The van der Waals surface area contributed by atoms with Gasteiger partial charge in [-0.1, -0.05) is 55.7 Å². The Bertz CT molecular complexity index is 3980. The van der Waals surface area contributed by atoms with Crippen molar-refractivity contribution in [1.82, 2.24) is 18.7 Å². The molecule has 1 unspecified atom stereocenters. The molecule has 0 N–H and O–H groups in total. The molecule has 3 aromatic heterocycles. The number of nitrogens with zero attached hydrogens (tertiary/aromatic N) is 4. The van der Waals surface area contributed by atoms with E-state index in [2.05, 4.69) is 237 Å². The van der Waals surface area contributed by atoms with Crippen LogP contribution in [0, 0.1) is 34.2 Å². The van der Waals surface area contributed by atoms with Crippen LogP contribution in [0.25, 0.3) is 83.4 Å². The zero-order valence-electron chi connectivity index (χ0n) is 42.4. The monoisotopic (exact) mass is 1140 g/mol. The molecule has 3 heterocycles. The van der Waals surface area contributed by atoms with Crippen molar-refractivity contribution in [2.45, 2.75) is 78.6 Å². The van der Waals surface area contributed by atoms with E-state index in [4.69, 9.17) is 9.72 Å². The summed E-state index contributed by atoms with van der Waals surface area (Å²) < 4.78 is 14.9. The molecule has 1 saturated carbocycles. The summed E-state index contributed by atoms with van der Waals surface area (Å²) in [6, 6.07) is 71.1. The molecule has 2 aliphatic carbocycles. The Hall–Kier alpha value is -7.33. The van der Waals surface area contributed by atoms with Crippen LogP contribution in [0.15, 0.2) is 182 Å². The van der Waals surface area contributed by atoms with Crippen LogP contribution in [-0.4, -0.2) is 18.7 Å². The summed E-state index contributed by atoms with van der Waals surface area (Å²) >= 11 is 2.54. The number of fused-ring (bicyclic) bond motifs is 5. The third kappa shape index (κ3) is 8.21. The molecule has 2 aliphatic rings. The van der Waals surface area contributed by atoms with E-state index < -0.39 is 0 Å². The predicted octanol–water partition coefficient (Wildman–Crippen LogP) is 17.5. The fraction of sp³-hybridized carbons (Fsp3) is 0.206. The number of pyridine rings is 1. The summed E-state index contributed by atoms with van der Waals surface area (Å²) in [5.74, 6) is 3.28. The van der Waals surface area contributed by atoms with Crippen LogP contribution in [0.4, 0.5) is 0 Å². The first-order valence-corrected chi connectivity index (χ1v) is 27.5. The van der Waals surface area contributed by atoms with Crippen molar-refractivity contribution in [2.24, 2.45) is 11.3 Å². The average Bonchev–Trinajstić information content (AvgIpc) is 4.11. The molecule has 0 aliphatic heterocycles. The number of hydrogen-bond donors (Lipinski definition) is 0. The second-order valence-corrected chi connectivity index (χ2v) is 22.7. The van der Waals surface area contributed by atoms with Crippen LogP contribution in [0.1, 0.15) is 81.0 Å². The van der Waals surface area contributed by atoms with Gasteiger partial charge in [0.05, 0.1) is 0 Å². The third-order valence-corrected chi connectivity index (χ3v) is 17.1. The van der Waals surface area contributed by atoms with Crippen LogP contribution in [0.2, 0.25) is 0 Å². The quantitative estimate of drug-likeness (QED) is 0.135. The summed E-state index contributed by atoms with van der Waals surface area (Å²) in [5.41, 5.74) is 19.3. The number of para-hydroxylation sites is 3. The first-order chi connectivity index (χ1) is 36.2. The standard InChI is InChI=1S/C68H58N4O.Pt/c1-45-37-65(69-43-60(45)49-33-31-47(32-34-49)46-19-8-5-9-20-46)72-61-28-15-14-27-56(61)57-36-35-55(42-64(57)72)73-54-26-18-25-53(41-54)70-44-71(63-30-17-16-29-62(63)70)67-59(48-21-10-6-11-22-48)39-51-38-52(68(2,3)4)40-58(51)66(67)50-23-12-7-13-24-50;/h6-7,10-18,21-37,39,43,46,52H,5,8-9,19-20,38,40H2,1-4H3;/q-2;. The van der Waals surface area contributed by atoms with Gasteiger partial charge < -0.3 is 0 Å². The number of ether oxygens (including phenoxy) is 1. The maximum atomic E-state index is 6.81. The van der Waals surface area contributed by atoms with E-state index >= 15 is 0 Å². The molecule has 0 radical (unpaired) electrons. The molecule has 0 bridgehead atoms. The molecule has 1 fully saturated rings. The Morgan fingerprint density at radius 3 is 1.97 bits per heavy atom. The number of aromatic nitrogens is 4. The zero-order valence-corrected chi connectivity index (χ0v) is 44.7. The molecule has 1 atom stereocenters. The summed E-state index contributed by atoms with van der Waals surface area (Å²) in [4.78, 5) is 5.15. The topological polar surface area (TPSA) is 36.9 Å². The molecule has 368 valence electrons. The fourth-order valence-corrected chi connectivity index (χ4v) is 13.2. The van der Waals surface area contributed by atoms with E-state index in [0.29, 0.717) is 23.3 Å².